The van der Waals surface area contributed by atoms with Gasteiger partial charge < -0.3 is 23.7 Å². The van der Waals surface area contributed by atoms with Gasteiger partial charge in [-0.2, -0.15) is 0 Å². The summed E-state index contributed by atoms with van der Waals surface area (Å²) in [5.41, 5.74) is 1.94. The minimum Gasteiger partial charge on any atom is -0.467 e. The molecule has 5 nitrogen and oxygen atoms in total. The first kappa shape index (κ1) is 35.6. The zero-order valence-electron chi connectivity index (χ0n) is 29.7. The third-order valence-corrected chi connectivity index (χ3v) is 16.3. The van der Waals surface area contributed by atoms with Crippen LogP contribution in [0.25, 0.3) is 32.7 Å². The van der Waals surface area contributed by atoms with Crippen molar-refractivity contribution >= 4 is 48.1 Å². The lowest BCUT2D eigenvalue weighted by Crippen LogP contribution is -2.42. The van der Waals surface area contributed by atoms with Crippen LogP contribution in [0, 0.1) is 0 Å². The van der Waals surface area contributed by atoms with Gasteiger partial charge in [0.2, 0.25) is 0 Å². The van der Waals surface area contributed by atoms with Crippen LogP contribution in [-0.4, -0.2) is 49.7 Å². The molecular weight excluding hydrogens is 653 g/mol. The molecule has 258 valence electrons. The lowest BCUT2D eigenvalue weighted by atomic mass is 9.92. The molecule has 0 amide bonds. The molecule has 0 N–H and O–H groups in total. The molecule has 0 atom stereocenters. The Balaban J connectivity index is 1.16. The summed E-state index contributed by atoms with van der Waals surface area (Å²) in [6.45, 7) is 11.2. The van der Waals surface area contributed by atoms with Gasteiger partial charge in [-0.05, 0) is 45.8 Å². The molecular formula is C43H48O5Si2. The molecule has 6 aromatic rings. The standard InChI is InChI=1S/C43H48O5Si2/c1-49(2,36-17-7-5-8-18-36)29-27-44-31-46-33-48-41-26-24-35-16-12-14-22-39(35)43(41)42-38-21-13-11-15-34(38)23-25-40(42)47-32-45-28-30-50(3,4)37-19-9-6-10-20-37/h5-26H,27-33H2,1-4H3. The Kier molecular flexibility index (Phi) is 11.8. The number of ether oxygens (including phenoxy) is 5. The van der Waals surface area contributed by atoms with Crippen molar-refractivity contribution in [2.75, 3.05) is 33.6 Å². The Morgan fingerprint density at radius 2 is 0.800 bits per heavy atom. The van der Waals surface area contributed by atoms with Crippen LogP contribution in [0.2, 0.25) is 38.3 Å². The van der Waals surface area contributed by atoms with E-state index in [1.54, 1.807) is 0 Å². The number of hydrogen-bond acceptors (Lipinski definition) is 5. The van der Waals surface area contributed by atoms with E-state index >= 15 is 0 Å². The molecule has 0 aromatic heterocycles. The molecule has 0 fully saturated rings. The first-order chi connectivity index (χ1) is 24.3. The second kappa shape index (κ2) is 16.6. The Morgan fingerprint density at radius 1 is 0.400 bits per heavy atom. The molecule has 0 aliphatic heterocycles. The van der Waals surface area contributed by atoms with Crippen LogP contribution in [0.15, 0.2) is 133 Å². The summed E-state index contributed by atoms with van der Waals surface area (Å²) >= 11 is 0. The van der Waals surface area contributed by atoms with Gasteiger partial charge in [0.15, 0.2) is 20.4 Å². The van der Waals surface area contributed by atoms with Crippen molar-refractivity contribution in [3.63, 3.8) is 0 Å². The van der Waals surface area contributed by atoms with E-state index in [4.69, 9.17) is 23.7 Å². The van der Waals surface area contributed by atoms with Crippen molar-refractivity contribution in [3.05, 3.63) is 133 Å². The van der Waals surface area contributed by atoms with Crippen molar-refractivity contribution in [2.45, 2.75) is 38.3 Å². The molecule has 6 aromatic carbocycles. The van der Waals surface area contributed by atoms with E-state index < -0.39 is 16.1 Å². The van der Waals surface area contributed by atoms with Gasteiger partial charge in [-0.15, -0.1) is 0 Å². The number of benzene rings is 6. The second-order valence-corrected chi connectivity index (χ2v) is 23.7. The van der Waals surface area contributed by atoms with Gasteiger partial charge in [-0.3, -0.25) is 0 Å². The van der Waals surface area contributed by atoms with Crippen molar-refractivity contribution in [3.8, 4) is 22.6 Å². The first-order valence-electron chi connectivity index (χ1n) is 17.5. The topological polar surface area (TPSA) is 46.2 Å². The highest BCUT2D eigenvalue weighted by molar-refractivity contribution is 6.90. The van der Waals surface area contributed by atoms with Gasteiger partial charge in [-0.25, -0.2) is 0 Å². The number of hydrogen-bond donors (Lipinski definition) is 0. The average Bonchev–Trinajstić information content (AvgIpc) is 3.15. The molecule has 0 unspecified atom stereocenters. The third-order valence-electron chi connectivity index (χ3n) is 9.65. The molecule has 0 aliphatic rings. The van der Waals surface area contributed by atoms with E-state index in [9.17, 15) is 0 Å². The fraction of sp³-hybridized carbons (Fsp3) is 0.256. The van der Waals surface area contributed by atoms with Crippen LogP contribution >= 0.6 is 0 Å². The number of fused-ring (bicyclic) bond motifs is 2. The fourth-order valence-electron chi connectivity index (χ4n) is 6.40. The molecule has 50 heavy (non-hydrogen) atoms. The van der Waals surface area contributed by atoms with Crippen molar-refractivity contribution in [1.29, 1.82) is 0 Å². The summed E-state index contributed by atoms with van der Waals surface area (Å²) < 4.78 is 30.7. The SMILES string of the molecule is C[Si](C)(CCOCOCOc1ccc2ccccc2c1-c1c(OCOCC[Si](C)(C)c2ccccc2)ccc2ccccc12)c1ccccc1. The second-order valence-electron chi connectivity index (χ2n) is 14.0. The summed E-state index contributed by atoms with van der Waals surface area (Å²) in [5.74, 6) is 1.47. The maximum absolute atomic E-state index is 6.44. The molecule has 6 rings (SSSR count). The predicted octanol–water partition coefficient (Wildman–Crippen LogP) is 9.57. The molecule has 0 spiro atoms. The summed E-state index contributed by atoms with van der Waals surface area (Å²) in [5, 5.41) is 7.28. The van der Waals surface area contributed by atoms with Gasteiger partial charge in [-0.1, -0.05) is 158 Å². The Hall–Kier alpha value is -4.25. The van der Waals surface area contributed by atoms with E-state index in [2.05, 4.69) is 148 Å². The van der Waals surface area contributed by atoms with E-state index in [-0.39, 0.29) is 20.4 Å². The minimum absolute atomic E-state index is 0.0655. The average molecular weight is 701 g/mol. The van der Waals surface area contributed by atoms with Crippen molar-refractivity contribution in [2.24, 2.45) is 0 Å². The van der Waals surface area contributed by atoms with Gasteiger partial charge in [0.25, 0.3) is 0 Å². The summed E-state index contributed by atoms with van der Waals surface area (Å²) in [6.07, 6.45) is 0. The van der Waals surface area contributed by atoms with Gasteiger partial charge in [0.1, 0.15) is 11.5 Å². The quantitative estimate of drug-likeness (QED) is 0.0539. The highest BCUT2D eigenvalue weighted by atomic mass is 28.3. The van der Waals surface area contributed by atoms with Crippen molar-refractivity contribution < 1.29 is 23.7 Å². The van der Waals surface area contributed by atoms with Crippen LogP contribution in [-0.2, 0) is 14.2 Å². The van der Waals surface area contributed by atoms with E-state index in [0.29, 0.717) is 13.2 Å². The lowest BCUT2D eigenvalue weighted by Gasteiger charge is -2.23. The Morgan fingerprint density at radius 3 is 1.28 bits per heavy atom. The van der Waals surface area contributed by atoms with E-state index in [0.717, 1.165) is 56.3 Å². The molecule has 0 bridgehead atoms. The molecule has 7 heteroatoms. The smallest absolute Gasteiger partial charge is 0.191 e. The van der Waals surface area contributed by atoms with E-state index in [1.165, 1.54) is 10.4 Å². The summed E-state index contributed by atoms with van der Waals surface area (Å²) in [6, 6.07) is 48.6. The van der Waals surface area contributed by atoms with E-state index in [1.807, 2.05) is 12.1 Å². The highest BCUT2D eigenvalue weighted by Crippen LogP contribution is 2.45. The minimum atomic E-state index is -1.61. The zero-order valence-corrected chi connectivity index (χ0v) is 31.7. The molecule has 0 radical (unpaired) electrons. The number of rotatable bonds is 17. The maximum Gasteiger partial charge on any atom is 0.191 e. The van der Waals surface area contributed by atoms with Gasteiger partial charge >= 0.3 is 0 Å². The molecule has 0 aliphatic carbocycles. The Labute approximate surface area is 298 Å². The Bertz CT molecular complexity index is 1980. The monoisotopic (exact) mass is 700 g/mol. The lowest BCUT2D eigenvalue weighted by molar-refractivity contribution is -0.0959. The summed E-state index contributed by atoms with van der Waals surface area (Å²) in [7, 11) is -3.18. The molecule has 0 saturated carbocycles. The van der Waals surface area contributed by atoms with Crippen LogP contribution < -0.4 is 19.8 Å². The predicted molar refractivity (Wildman–Crippen MR) is 212 cm³/mol. The first-order valence-corrected chi connectivity index (χ1v) is 23.9. The van der Waals surface area contributed by atoms with Gasteiger partial charge in [0, 0.05) is 24.3 Å². The largest absolute Gasteiger partial charge is 0.467 e. The zero-order chi connectivity index (χ0) is 34.8. The highest BCUT2D eigenvalue weighted by Gasteiger charge is 2.24. The van der Waals surface area contributed by atoms with Crippen molar-refractivity contribution in [1.82, 2.24) is 0 Å². The molecule has 0 heterocycles. The van der Waals surface area contributed by atoms with Crippen LogP contribution in [0.4, 0.5) is 0 Å². The van der Waals surface area contributed by atoms with Crippen LogP contribution in [0.5, 0.6) is 11.5 Å². The van der Waals surface area contributed by atoms with Gasteiger partial charge in [0.05, 0.1) is 16.1 Å². The maximum atomic E-state index is 6.44. The van der Waals surface area contributed by atoms with Crippen LogP contribution in [0.3, 0.4) is 0 Å². The summed E-state index contributed by atoms with van der Waals surface area (Å²) in [4.78, 5) is 0. The van der Waals surface area contributed by atoms with Crippen LogP contribution in [0.1, 0.15) is 0 Å². The third kappa shape index (κ3) is 8.72. The normalized spacial score (nSPS) is 12.0. The molecule has 0 saturated heterocycles. The fourth-order valence-corrected chi connectivity index (χ4v) is 10.5.